The van der Waals surface area contributed by atoms with Gasteiger partial charge in [-0.1, -0.05) is 30.7 Å². The lowest BCUT2D eigenvalue weighted by atomic mass is 10.1. The standard InChI is InChI=1S/C20H25N3O/c24-20(19-18-9-3-2-7-16(18)10-11-21-19)23-14-6-8-17(23)15-22-12-4-1-5-13-22/h2-3,7,9-11,17H,1,4-6,8,12-15H2/t17-/m0/s1. The van der Waals surface area contributed by atoms with Gasteiger partial charge in [-0.3, -0.25) is 9.78 Å². The SMILES string of the molecule is O=C(c1nccc2ccccc12)N1CCC[C@H]1CN1CCCCC1. The molecule has 0 N–H and O–H groups in total. The molecule has 0 unspecified atom stereocenters. The van der Waals surface area contributed by atoms with Crippen molar-refractivity contribution in [3.05, 3.63) is 42.2 Å². The number of nitrogens with zero attached hydrogens (tertiary/aromatic N) is 3. The third-order valence-electron chi connectivity index (χ3n) is 5.43. The summed E-state index contributed by atoms with van der Waals surface area (Å²) in [5.74, 6) is 0.103. The number of pyridine rings is 1. The summed E-state index contributed by atoms with van der Waals surface area (Å²) in [5.41, 5.74) is 0.610. The van der Waals surface area contributed by atoms with Crippen LogP contribution < -0.4 is 0 Å². The van der Waals surface area contributed by atoms with Gasteiger partial charge in [0.2, 0.25) is 0 Å². The Balaban J connectivity index is 1.56. The van der Waals surface area contributed by atoms with Crippen LogP contribution in [0.1, 0.15) is 42.6 Å². The van der Waals surface area contributed by atoms with Crippen molar-refractivity contribution in [1.29, 1.82) is 0 Å². The summed E-state index contributed by atoms with van der Waals surface area (Å²) in [6.45, 7) is 4.26. The molecule has 4 rings (SSSR count). The molecule has 0 bridgehead atoms. The van der Waals surface area contributed by atoms with Crippen LogP contribution >= 0.6 is 0 Å². The van der Waals surface area contributed by atoms with E-state index in [0.717, 1.165) is 36.7 Å². The molecule has 0 radical (unpaired) electrons. The highest BCUT2D eigenvalue weighted by Gasteiger charge is 2.32. The number of rotatable bonds is 3. The third-order valence-corrected chi connectivity index (χ3v) is 5.43. The number of carbonyl (C=O) groups excluding carboxylic acids is 1. The number of fused-ring (bicyclic) bond motifs is 1. The first-order valence-electron chi connectivity index (χ1n) is 9.20. The maximum atomic E-state index is 13.2. The van der Waals surface area contributed by atoms with Crippen LogP contribution in [0.25, 0.3) is 10.8 Å². The first-order chi connectivity index (χ1) is 11.8. The van der Waals surface area contributed by atoms with Crippen molar-refractivity contribution >= 4 is 16.7 Å². The predicted octanol–water partition coefficient (Wildman–Crippen LogP) is 3.33. The Morgan fingerprint density at radius 2 is 1.88 bits per heavy atom. The summed E-state index contributed by atoms with van der Waals surface area (Å²) in [6, 6.07) is 10.4. The van der Waals surface area contributed by atoms with E-state index in [9.17, 15) is 4.79 Å². The van der Waals surface area contributed by atoms with Crippen LogP contribution in [0.4, 0.5) is 0 Å². The van der Waals surface area contributed by atoms with Crippen LogP contribution in [-0.4, -0.2) is 52.9 Å². The first-order valence-corrected chi connectivity index (χ1v) is 9.20. The van der Waals surface area contributed by atoms with Gasteiger partial charge >= 0.3 is 0 Å². The number of carbonyl (C=O) groups is 1. The Kier molecular flexibility index (Phi) is 4.48. The summed E-state index contributed by atoms with van der Waals surface area (Å²) in [7, 11) is 0. The van der Waals surface area contributed by atoms with Gasteiger partial charge in [0.15, 0.2) is 0 Å². The van der Waals surface area contributed by atoms with Gasteiger partial charge in [-0.2, -0.15) is 0 Å². The smallest absolute Gasteiger partial charge is 0.273 e. The highest BCUT2D eigenvalue weighted by atomic mass is 16.2. The summed E-state index contributed by atoms with van der Waals surface area (Å²) in [6.07, 6.45) is 7.92. The number of hydrogen-bond donors (Lipinski definition) is 0. The lowest BCUT2D eigenvalue weighted by Crippen LogP contribution is -2.45. The Labute approximate surface area is 143 Å². The normalized spacial score (nSPS) is 22.2. The zero-order chi connectivity index (χ0) is 16.4. The zero-order valence-electron chi connectivity index (χ0n) is 14.2. The molecule has 2 aromatic rings. The molecule has 1 atom stereocenters. The van der Waals surface area contributed by atoms with E-state index in [-0.39, 0.29) is 5.91 Å². The Morgan fingerprint density at radius 3 is 2.75 bits per heavy atom. The summed E-state index contributed by atoms with van der Waals surface area (Å²) >= 11 is 0. The highest BCUT2D eigenvalue weighted by Crippen LogP contribution is 2.24. The molecule has 4 heteroatoms. The summed E-state index contributed by atoms with van der Waals surface area (Å²) < 4.78 is 0. The van der Waals surface area contributed by atoms with E-state index in [0.29, 0.717) is 11.7 Å². The van der Waals surface area contributed by atoms with E-state index in [4.69, 9.17) is 0 Å². The lowest BCUT2D eigenvalue weighted by Gasteiger charge is -2.33. The number of hydrogen-bond acceptors (Lipinski definition) is 3. The van der Waals surface area contributed by atoms with Crippen molar-refractivity contribution in [2.75, 3.05) is 26.2 Å². The van der Waals surface area contributed by atoms with Crippen molar-refractivity contribution in [3.63, 3.8) is 0 Å². The summed E-state index contributed by atoms with van der Waals surface area (Å²) in [4.78, 5) is 22.2. The fourth-order valence-corrected chi connectivity index (χ4v) is 4.16. The molecular formula is C20H25N3O. The molecule has 0 saturated carbocycles. The van der Waals surface area contributed by atoms with Crippen molar-refractivity contribution in [2.45, 2.75) is 38.1 Å². The largest absolute Gasteiger partial charge is 0.333 e. The second kappa shape index (κ2) is 6.89. The molecule has 2 aliphatic heterocycles. The van der Waals surface area contributed by atoms with Gasteiger partial charge in [-0.25, -0.2) is 0 Å². The van der Waals surface area contributed by atoms with Crippen LogP contribution in [0.2, 0.25) is 0 Å². The van der Waals surface area contributed by atoms with Crippen LogP contribution in [0.15, 0.2) is 36.5 Å². The minimum absolute atomic E-state index is 0.103. The van der Waals surface area contributed by atoms with Crippen molar-refractivity contribution in [1.82, 2.24) is 14.8 Å². The van der Waals surface area contributed by atoms with E-state index in [2.05, 4.69) is 14.8 Å². The minimum Gasteiger partial charge on any atom is -0.333 e. The molecule has 1 amide bonds. The molecule has 0 aliphatic carbocycles. The van der Waals surface area contributed by atoms with E-state index in [1.54, 1.807) is 6.20 Å². The zero-order valence-corrected chi connectivity index (χ0v) is 14.2. The fourth-order valence-electron chi connectivity index (χ4n) is 4.16. The Bertz CT molecular complexity index is 718. The van der Waals surface area contributed by atoms with Crippen LogP contribution in [0, 0.1) is 0 Å². The predicted molar refractivity (Wildman–Crippen MR) is 96.1 cm³/mol. The fraction of sp³-hybridized carbons (Fsp3) is 0.500. The number of likely N-dealkylation sites (tertiary alicyclic amines) is 2. The average Bonchev–Trinajstić information content (AvgIpc) is 3.09. The maximum absolute atomic E-state index is 13.2. The molecule has 2 fully saturated rings. The van der Waals surface area contributed by atoms with Gasteiger partial charge in [-0.05, 0) is 50.2 Å². The first kappa shape index (κ1) is 15.6. The molecule has 3 heterocycles. The van der Waals surface area contributed by atoms with E-state index in [1.165, 1.54) is 32.4 Å². The van der Waals surface area contributed by atoms with Gasteiger partial charge in [0.05, 0.1) is 0 Å². The second-order valence-electron chi connectivity index (χ2n) is 7.04. The van der Waals surface area contributed by atoms with E-state index >= 15 is 0 Å². The number of piperidine rings is 1. The van der Waals surface area contributed by atoms with Gasteiger partial charge < -0.3 is 9.80 Å². The monoisotopic (exact) mass is 323 g/mol. The van der Waals surface area contributed by atoms with Crippen molar-refractivity contribution in [3.8, 4) is 0 Å². The van der Waals surface area contributed by atoms with Crippen molar-refractivity contribution < 1.29 is 4.79 Å². The second-order valence-corrected chi connectivity index (χ2v) is 7.04. The summed E-state index contributed by atoms with van der Waals surface area (Å²) in [5, 5.41) is 2.05. The molecule has 2 aliphatic rings. The highest BCUT2D eigenvalue weighted by molar-refractivity contribution is 6.05. The van der Waals surface area contributed by atoms with Crippen LogP contribution in [0.3, 0.4) is 0 Å². The maximum Gasteiger partial charge on any atom is 0.273 e. The molecule has 1 aromatic carbocycles. The quantitative estimate of drug-likeness (QED) is 0.869. The lowest BCUT2D eigenvalue weighted by molar-refractivity contribution is 0.0686. The molecule has 0 spiro atoms. The number of aromatic nitrogens is 1. The van der Waals surface area contributed by atoms with Gasteiger partial charge in [-0.15, -0.1) is 0 Å². The number of amides is 1. The Hall–Kier alpha value is -1.94. The molecule has 126 valence electrons. The molecular weight excluding hydrogens is 298 g/mol. The topological polar surface area (TPSA) is 36.4 Å². The molecule has 1 aromatic heterocycles. The van der Waals surface area contributed by atoms with Gasteiger partial charge in [0.1, 0.15) is 5.69 Å². The van der Waals surface area contributed by atoms with E-state index < -0.39 is 0 Å². The third kappa shape index (κ3) is 3.03. The van der Waals surface area contributed by atoms with Gasteiger partial charge in [0, 0.05) is 30.7 Å². The molecule has 2 saturated heterocycles. The number of benzene rings is 1. The van der Waals surface area contributed by atoms with Crippen LogP contribution in [-0.2, 0) is 0 Å². The molecule has 24 heavy (non-hydrogen) atoms. The van der Waals surface area contributed by atoms with Crippen molar-refractivity contribution in [2.24, 2.45) is 0 Å². The van der Waals surface area contributed by atoms with Gasteiger partial charge in [0.25, 0.3) is 5.91 Å². The van der Waals surface area contributed by atoms with Crippen LogP contribution in [0.5, 0.6) is 0 Å². The Morgan fingerprint density at radius 1 is 1.04 bits per heavy atom. The average molecular weight is 323 g/mol. The minimum atomic E-state index is 0.103. The van der Waals surface area contributed by atoms with E-state index in [1.807, 2.05) is 30.3 Å². The molecule has 4 nitrogen and oxygen atoms in total.